The number of rotatable bonds is 4. The molecular formula is C20H23N3O2S. The third kappa shape index (κ3) is 3.57. The van der Waals surface area contributed by atoms with Gasteiger partial charge < -0.3 is 4.90 Å². The van der Waals surface area contributed by atoms with Gasteiger partial charge in [-0.1, -0.05) is 0 Å². The van der Waals surface area contributed by atoms with Gasteiger partial charge in [-0.2, -0.15) is 0 Å². The molecule has 3 aliphatic heterocycles. The number of nitrogens with zero attached hydrogens (tertiary/aromatic N) is 3. The molecule has 2 atom stereocenters. The van der Waals surface area contributed by atoms with Crippen molar-refractivity contribution >= 4 is 23.0 Å². The lowest BCUT2D eigenvalue weighted by atomic mass is 9.94. The summed E-state index contributed by atoms with van der Waals surface area (Å²) in [5.41, 5.74) is 1.88. The third-order valence-electron chi connectivity index (χ3n) is 5.41. The first-order valence-corrected chi connectivity index (χ1v) is 10.00. The standard InChI is InChI=1S/C20H23N3O2S/c1-14(24)19-7-16(13-26-19)11-22-9-15-4-5-18(22)12-23(10-15)20(25)17-3-2-6-21-8-17/h2-3,6-8,13,15,18H,4-5,9-12H2,1H3/t15-,18-/m1/s1. The van der Waals surface area contributed by atoms with E-state index in [1.165, 1.54) is 23.3 Å². The zero-order valence-electron chi connectivity index (χ0n) is 14.9. The van der Waals surface area contributed by atoms with Gasteiger partial charge in [-0.3, -0.25) is 19.5 Å². The summed E-state index contributed by atoms with van der Waals surface area (Å²) in [5.74, 6) is 0.735. The molecule has 0 unspecified atom stereocenters. The van der Waals surface area contributed by atoms with Crippen molar-refractivity contribution in [3.05, 3.63) is 52.0 Å². The molecule has 0 saturated carbocycles. The molecule has 5 nitrogen and oxygen atoms in total. The topological polar surface area (TPSA) is 53.5 Å². The van der Waals surface area contributed by atoms with E-state index in [2.05, 4.69) is 15.3 Å². The van der Waals surface area contributed by atoms with Gasteiger partial charge in [0.1, 0.15) is 0 Å². The van der Waals surface area contributed by atoms with E-state index < -0.39 is 0 Å². The van der Waals surface area contributed by atoms with Gasteiger partial charge in [-0.25, -0.2) is 0 Å². The van der Waals surface area contributed by atoms with E-state index in [0.717, 1.165) is 37.5 Å². The molecule has 0 N–H and O–H groups in total. The van der Waals surface area contributed by atoms with Gasteiger partial charge in [0.25, 0.3) is 5.91 Å². The number of carbonyl (C=O) groups is 2. The van der Waals surface area contributed by atoms with Gasteiger partial charge in [0, 0.05) is 44.6 Å². The number of pyridine rings is 1. The summed E-state index contributed by atoms with van der Waals surface area (Å²) in [6, 6.07) is 6.06. The van der Waals surface area contributed by atoms with E-state index in [9.17, 15) is 9.59 Å². The second-order valence-electron chi connectivity index (χ2n) is 7.35. The van der Waals surface area contributed by atoms with Crippen molar-refractivity contribution in [3.63, 3.8) is 0 Å². The summed E-state index contributed by atoms with van der Waals surface area (Å²) in [4.78, 5) is 33.8. The number of piperidine rings is 1. The zero-order chi connectivity index (χ0) is 18.1. The van der Waals surface area contributed by atoms with Crippen LogP contribution in [0.5, 0.6) is 0 Å². The fraction of sp³-hybridized carbons (Fsp3) is 0.450. The normalized spacial score (nSPS) is 23.0. The van der Waals surface area contributed by atoms with Crippen LogP contribution < -0.4 is 0 Å². The van der Waals surface area contributed by atoms with Crippen LogP contribution in [0.2, 0.25) is 0 Å². The molecule has 3 aliphatic rings. The molecule has 3 saturated heterocycles. The zero-order valence-corrected chi connectivity index (χ0v) is 15.7. The number of aromatic nitrogens is 1. The number of hydrogen-bond donors (Lipinski definition) is 0. The van der Waals surface area contributed by atoms with E-state index in [1.807, 2.05) is 23.1 Å². The summed E-state index contributed by atoms with van der Waals surface area (Å²) >= 11 is 1.53. The van der Waals surface area contributed by atoms with Gasteiger partial charge in [0.05, 0.1) is 10.4 Å². The highest BCUT2D eigenvalue weighted by atomic mass is 32.1. The molecule has 5 heterocycles. The monoisotopic (exact) mass is 369 g/mol. The molecule has 0 radical (unpaired) electrons. The van der Waals surface area contributed by atoms with Crippen molar-refractivity contribution in [2.45, 2.75) is 32.4 Å². The Morgan fingerprint density at radius 2 is 2.15 bits per heavy atom. The Bertz CT molecular complexity index is 804. The number of amides is 1. The van der Waals surface area contributed by atoms with Crippen LogP contribution in [0.4, 0.5) is 0 Å². The predicted molar refractivity (Wildman–Crippen MR) is 101 cm³/mol. The Morgan fingerprint density at radius 3 is 2.88 bits per heavy atom. The maximum Gasteiger partial charge on any atom is 0.255 e. The SMILES string of the molecule is CC(=O)c1cc(CN2C[C@H]3CC[C@@H]2CN(C(=O)c2cccnc2)C3)cs1. The number of thiophene rings is 1. The van der Waals surface area contributed by atoms with Gasteiger partial charge in [-0.15, -0.1) is 11.3 Å². The van der Waals surface area contributed by atoms with Crippen LogP contribution in [-0.2, 0) is 6.54 Å². The minimum absolute atomic E-state index is 0.0891. The lowest BCUT2D eigenvalue weighted by Crippen LogP contribution is -2.43. The summed E-state index contributed by atoms with van der Waals surface area (Å²) in [7, 11) is 0. The smallest absolute Gasteiger partial charge is 0.255 e. The lowest BCUT2D eigenvalue weighted by Gasteiger charge is -2.35. The molecule has 2 bridgehead atoms. The van der Waals surface area contributed by atoms with Crippen LogP contribution in [0.25, 0.3) is 0 Å². The maximum atomic E-state index is 12.8. The molecule has 2 aromatic rings. The molecule has 0 spiro atoms. The summed E-state index contributed by atoms with van der Waals surface area (Å²) in [5, 5.41) is 2.09. The Balaban J connectivity index is 1.47. The number of Topliss-reactive ketones (excluding diaryl/α,β-unsaturated/α-hetero) is 1. The van der Waals surface area contributed by atoms with E-state index in [1.54, 1.807) is 19.3 Å². The average Bonchev–Trinajstić information content (AvgIpc) is 2.93. The maximum absolute atomic E-state index is 12.8. The molecule has 136 valence electrons. The molecule has 6 heteroatoms. The van der Waals surface area contributed by atoms with E-state index in [4.69, 9.17) is 0 Å². The van der Waals surface area contributed by atoms with Crippen LogP contribution >= 0.6 is 11.3 Å². The summed E-state index contributed by atoms with van der Waals surface area (Å²) < 4.78 is 0. The third-order valence-corrected chi connectivity index (χ3v) is 6.49. The lowest BCUT2D eigenvalue weighted by molar-refractivity contribution is 0.0735. The van der Waals surface area contributed by atoms with E-state index in [0.29, 0.717) is 17.5 Å². The van der Waals surface area contributed by atoms with Crippen LogP contribution in [-0.4, -0.2) is 52.2 Å². The van der Waals surface area contributed by atoms with Crippen molar-refractivity contribution in [2.75, 3.05) is 19.6 Å². The molecule has 2 aromatic heterocycles. The molecule has 0 aromatic carbocycles. The van der Waals surface area contributed by atoms with Crippen molar-refractivity contribution in [3.8, 4) is 0 Å². The highest BCUT2D eigenvalue weighted by Crippen LogP contribution is 2.30. The van der Waals surface area contributed by atoms with Gasteiger partial charge in [0.2, 0.25) is 0 Å². The molecule has 1 amide bonds. The highest BCUT2D eigenvalue weighted by molar-refractivity contribution is 7.12. The number of hydrogen-bond acceptors (Lipinski definition) is 5. The molecule has 0 aliphatic carbocycles. The quantitative estimate of drug-likeness (QED) is 0.777. The fourth-order valence-corrected chi connectivity index (χ4v) is 4.89. The van der Waals surface area contributed by atoms with Crippen molar-refractivity contribution in [1.29, 1.82) is 0 Å². The highest BCUT2D eigenvalue weighted by Gasteiger charge is 2.36. The second-order valence-corrected chi connectivity index (χ2v) is 8.27. The van der Waals surface area contributed by atoms with E-state index in [-0.39, 0.29) is 11.7 Å². The van der Waals surface area contributed by atoms with Crippen LogP contribution in [0, 0.1) is 5.92 Å². The first-order chi connectivity index (χ1) is 12.6. The number of carbonyl (C=O) groups excluding carboxylic acids is 2. The molecule has 26 heavy (non-hydrogen) atoms. The Labute approximate surface area is 157 Å². The summed E-state index contributed by atoms with van der Waals surface area (Å²) in [6.45, 7) is 5.09. The first kappa shape index (κ1) is 17.4. The second kappa shape index (κ2) is 7.29. The predicted octanol–water partition coefficient (Wildman–Crippen LogP) is 3.08. The Morgan fingerprint density at radius 1 is 1.27 bits per heavy atom. The average molecular weight is 369 g/mol. The van der Waals surface area contributed by atoms with Gasteiger partial charge >= 0.3 is 0 Å². The molecule has 3 fully saturated rings. The molecule has 5 rings (SSSR count). The van der Waals surface area contributed by atoms with Crippen LogP contribution in [0.15, 0.2) is 36.0 Å². The number of fused-ring (bicyclic) bond motifs is 4. The largest absolute Gasteiger partial charge is 0.337 e. The Hall–Kier alpha value is -2.05. The fourth-order valence-electron chi connectivity index (χ4n) is 4.09. The van der Waals surface area contributed by atoms with Crippen molar-refractivity contribution in [1.82, 2.24) is 14.8 Å². The number of ketones is 1. The Kier molecular flexibility index (Phi) is 4.87. The van der Waals surface area contributed by atoms with E-state index >= 15 is 0 Å². The minimum atomic E-state index is 0.0891. The van der Waals surface area contributed by atoms with Crippen LogP contribution in [0.3, 0.4) is 0 Å². The van der Waals surface area contributed by atoms with Crippen molar-refractivity contribution in [2.24, 2.45) is 5.92 Å². The minimum Gasteiger partial charge on any atom is -0.337 e. The van der Waals surface area contributed by atoms with Crippen LogP contribution in [0.1, 0.15) is 45.4 Å². The van der Waals surface area contributed by atoms with Crippen molar-refractivity contribution < 1.29 is 9.59 Å². The van der Waals surface area contributed by atoms with Gasteiger partial charge in [-0.05, 0) is 54.8 Å². The first-order valence-electron chi connectivity index (χ1n) is 9.12. The summed E-state index contributed by atoms with van der Waals surface area (Å²) in [6.07, 6.45) is 5.66. The molecular weight excluding hydrogens is 346 g/mol. The van der Waals surface area contributed by atoms with Gasteiger partial charge in [0.15, 0.2) is 5.78 Å².